The minimum Gasteiger partial charge on any atom is -0.339 e. The van der Waals surface area contributed by atoms with Crippen molar-refractivity contribution in [2.75, 3.05) is 12.5 Å². The molecule has 5 nitrogen and oxygen atoms in total. The fraction of sp³-hybridized carbons (Fsp3) is 0.600. The van der Waals surface area contributed by atoms with Crippen molar-refractivity contribution >= 4 is 11.7 Å². The second kappa shape index (κ2) is 7.24. The van der Waals surface area contributed by atoms with E-state index in [2.05, 4.69) is 24.3 Å². The molecule has 0 aliphatic rings. The average Bonchev–Trinajstić information content (AvgIpc) is 2.46. The van der Waals surface area contributed by atoms with E-state index in [-0.39, 0.29) is 17.9 Å². The van der Waals surface area contributed by atoms with Gasteiger partial charge in [-0.05, 0) is 30.9 Å². The number of nitrogen functional groups attached to an aromatic ring is 1. The molecular weight excluding hydrogens is 252 g/mol. The molecule has 1 amide bonds. The molecular formula is C15H26N4O. The fourth-order valence-corrected chi connectivity index (χ4v) is 2.25. The van der Waals surface area contributed by atoms with Crippen LogP contribution in [0, 0.1) is 0 Å². The number of hydrazine groups is 1. The number of nitrogens with zero attached hydrogens (tertiary/aromatic N) is 2. The molecule has 0 saturated heterocycles. The molecule has 0 aliphatic carbocycles. The molecule has 0 saturated carbocycles. The van der Waals surface area contributed by atoms with Gasteiger partial charge in [-0.2, -0.15) is 0 Å². The number of pyridine rings is 1. The first-order valence-corrected chi connectivity index (χ1v) is 7.20. The van der Waals surface area contributed by atoms with Gasteiger partial charge in [0.2, 0.25) is 0 Å². The normalized spacial score (nSPS) is 11.0. The van der Waals surface area contributed by atoms with Crippen LogP contribution in [0.4, 0.5) is 5.82 Å². The Balaban J connectivity index is 3.11. The Kier molecular flexibility index (Phi) is 5.95. The quantitative estimate of drug-likeness (QED) is 0.620. The first-order chi connectivity index (χ1) is 9.44. The average molecular weight is 278 g/mol. The number of carbonyl (C=O) groups is 1. The maximum absolute atomic E-state index is 12.6. The van der Waals surface area contributed by atoms with Crippen molar-refractivity contribution in [3.63, 3.8) is 0 Å². The largest absolute Gasteiger partial charge is 0.339 e. The van der Waals surface area contributed by atoms with Crippen LogP contribution < -0.4 is 11.3 Å². The third-order valence-electron chi connectivity index (χ3n) is 3.64. The van der Waals surface area contributed by atoms with Gasteiger partial charge >= 0.3 is 0 Å². The lowest BCUT2D eigenvalue weighted by Gasteiger charge is -2.26. The fourth-order valence-electron chi connectivity index (χ4n) is 2.25. The summed E-state index contributed by atoms with van der Waals surface area (Å²) in [5, 5.41) is 0. The van der Waals surface area contributed by atoms with Gasteiger partial charge in [-0.1, -0.05) is 27.7 Å². The van der Waals surface area contributed by atoms with E-state index in [1.54, 1.807) is 11.0 Å². The molecule has 0 fully saturated rings. The lowest BCUT2D eigenvalue weighted by Crippen LogP contribution is -2.36. The van der Waals surface area contributed by atoms with E-state index in [9.17, 15) is 4.79 Å². The van der Waals surface area contributed by atoms with Crippen molar-refractivity contribution in [1.29, 1.82) is 0 Å². The van der Waals surface area contributed by atoms with Crippen molar-refractivity contribution in [3.05, 3.63) is 23.4 Å². The summed E-state index contributed by atoms with van der Waals surface area (Å²) in [5.74, 6) is 6.22. The van der Waals surface area contributed by atoms with Gasteiger partial charge in [-0.25, -0.2) is 10.8 Å². The van der Waals surface area contributed by atoms with Crippen LogP contribution in [0.2, 0.25) is 0 Å². The molecule has 0 atom stereocenters. The highest BCUT2D eigenvalue weighted by Crippen LogP contribution is 2.19. The Morgan fingerprint density at radius 3 is 2.40 bits per heavy atom. The zero-order valence-corrected chi connectivity index (χ0v) is 13.1. The van der Waals surface area contributed by atoms with E-state index < -0.39 is 0 Å². The number of aromatic nitrogens is 1. The predicted octanol–water partition coefficient (Wildman–Crippen LogP) is 2.75. The second-order valence-electron chi connectivity index (χ2n) is 5.35. The standard InChI is InChI=1S/C15H26N4O/c1-6-12(7-2)19(5)15(20)11-8-13(10(3)4)17-14(9-11)18-16/h8-10,12H,6-7,16H2,1-5H3,(H,17,18). The van der Waals surface area contributed by atoms with E-state index in [1.807, 2.05) is 27.0 Å². The molecule has 112 valence electrons. The summed E-state index contributed by atoms with van der Waals surface area (Å²) in [7, 11) is 1.85. The molecule has 0 spiro atoms. The van der Waals surface area contributed by atoms with Gasteiger partial charge in [-0.3, -0.25) is 4.79 Å². The van der Waals surface area contributed by atoms with Crippen LogP contribution in [0.25, 0.3) is 0 Å². The van der Waals surface area contributed by atoms with E-state index in [1.165, 1.54) is 0 Å². The highest BCUT2D eigenvalue weighted by atomic mass is 16.2. The Morgan fingerprint density at radius 2 is 1.95 bits per heavy atom. The monoisotopic (exact) mass is 278 g/mol. The molecule has 1 aromatic rings. The van der Waals surface area contributed by atoms with Crippen molar-refractivity contribution in [1.82, 2.24) is 9.88 Å². The number of amides is 1. The molecule has 0 aromatic carbocycles. The van der Waals surface area contributed by atoms with Crippen molar-refractivity contribution in [2.45, 2.75) is 52.5 Å². The number of carbonyl (C=O) groups excluding carboxylic acids is 1. The summed E-state index contributed by atoms with van der Waals surface area (Å²) >= 11 is 0. The van der Waals surface area contributed by atoms with Gasteiger partial charge in [0.05, 0.1) is 0 Å². The minimum absolute atomic E-state index is 0.0134. The number of anilines is 1. The topological polar surface area (TPSA) is 71.2 Å². The predicted molar refractivity (Wildman–Crippen MR) is 82.6 cm³/mol. The molecule has 20 heavy (non-hydrogen) atoms. The van der Waals surface area contributed by atoms with E-state index in [4.69, 9.17) is 5.84 Å². The highest BCUT2D eigenvalue weighted by Gasteiger charge is 2.20. The Bertz CT molecular complexity index is 455. The third-order valence-corrected chi connectivity index (χ3v) is 3.64. The number of hydrogen-bond donors (Lipinski definition) is 2. The molecule has 1 rings (SSSR count). The lowest BCUT2D eigenvalue weighted by molar-refractivity contribution is 0.0723. The van der Waals surface area contributed by atoms with Crippen molar-refractivity contribution in [2.24, 2.45) is 5.84 Å². The molecule has 0 unspecified atom stereocenters. The van der Waals surface area contributed by atoms with Crippen LogP contribution in [0.3, 0.4) is 0 Å². The smallest absolute Gasteiger partial charge is 0.254 e. The summed E-state index contributed by atoms with van der Waals surface area (Å²) in [6.45, 7) is 8.27. The first kappa shape index (κ1) is 16.4. The number of nitrogens with one attached hydrogen (secondary N) is 1. The molecule has 1 aromatic heterocycles. The number of nitrogens with two attached hydrogens (primary N) is 1. The third kappa shape index (κ3) is 3.70. The van der Waals surface area contributed by atoms with E-state index >= 15 is 0 Å². The minimum atomic E-state index is 0.0134. The maximum Gasteiger partial charge on any atom is 0.254 e. The summed E-state index contributed by atoms with van der Waals surface area (Å²) in [6, 6.07) is 3.81. The van der Waals surface area contributed by atoms with Gasteiger partial charge in [0, 0.05) is 24.3 Å². The van der Waals surface area contributed by atoms with Gasteiger partial charge < -0.3 is 10.3 Å². The molecule has 0 bridgehead atoms. The van der Waals surface area contributed by atoms with Gasteiger partial charge in [0.15, 0.2) is 0 Å². The lowest BCUT2D eigenvalue weighted by atomic mass is 10.1. The summed E-state index contributed by atoms with van der Waals surface area (Å²) < 4.78 is 0. The van der Waals surface area contributed by atoms with Crippen LogP contribution in [-0.2, 0) is 0 Å². The highest BCUT2D eigenvalue weighted by molar-refractivity contribution is 5.95. The summed E-state index contributed by atoms with van der Waals surface area (Å²) in [5.41, 5.74) is 4.03. The molecule has 1 heterocycles. The van der Waals surface area contributed by atoms with Crippen molar-refractivity contribution < 1.29 is 4.79 Å². The van der Waals surface area contributed by atoms with Gasteiger partial charge in [0.25, 0.3) is 5.91 Å². The van der Waals surface area contributed by atoms with E-state index in [0.29, 0.717) is 11.4 Å². The second-order valence-corrected chi connectivity index (χ2v) is 5.35. The number of rotatable bonds is 6. The zero-order valence-electron chi connectivity index (χ0n) is 13.1. The van der Waals surface area contributed by atoms with Crippen LogP contribution >= 0.6 is 0 Å². The Labute approximate surface area is 121 Å². The molecule has 3 N–H and O–H groups in total. The Hall–Kier alpha value is -1.62. The van der Waals surface area contributed by atoms with Crippen LogP contribution in [0.1, 0.15) is 62.5 Å². The van der Waals surface area contributed by atoms with Crippen LogP contribution in [-0.4, -0.2) is 28.9 Å². The molecule has 0 radical (unpaired) electrons. The van der Waals surface area contributed by atoms with Gasteiger partial charge in [-0.15, -0.1) is 0 Å². The van der Waals surface area contributed by atoms with E-state index in [0.717, 1.165) is 18.5 Å². The molecule has 0 aliphatic heterocycles. The summed E-state index contributed by atoms with van der Waals surface area (Å²) in [4.78, 5) is 18.8. The van der Waals surface area contributed by atoms with Crippen LogP contribution in [0.15, 0.2) is 12.1 Å². The molecule has 5 heteroatoms. The zero-order chi connectivity index (χ0) is 15.3. The SMILES string of the molecule is CCC(CC)N(C)C(=O)c1cc(NN)nc(C(C)C)c1. The number of hydrogen-bond acceptors (Lipinski definition) is 4. The maximum atomic E-state index is 12.6. The van der Waals surface area contributed by atoms with Crippen molar-refractivity contribution in [3.8, 4) is 0 Å². The summed E-state index contributed by atoms with van der Waals surface area (Å²) in [6.07, 6.45) is 1.89. The Morgan fingerprint density at radius 1 is 1.35 bits per heavy atom. The van der Waals surface area contributed by atoms with Crippen LogP contribution in [0.5, 0.6) is 0 Å². The first-order valence-electron chi connectivity index (χ1n) is 7.20. The van der Waals surface area contributed by atoms with Gasteiger partial charge in [0.1, 0.15) is 5.82 Å².